The van der Waals surface area contributed by atoms with Crippen LogP contribution >= 0.6 is 11.3 Å². The molecular formula is C17H17N3OS. The first-order valence-corrected chi connectivity index (χ1v) is 7.88. The van der Waals surface area contributed by atoms with Gasteiger partial charge in [-0.1, -0.05) is 23.8 Å². The summed E-state index contributed by atoms with van der Waals surface area (Å²) in [7, 11) is 0. The minimum Gasteiger partial charge on any atom is -0.460 e. The number of hydrazone groups is 1. The van der Waals surface area contributed by atoms with Crippen LogP contribution in [0.3, 0.4) is 0 Å². The molecule has 5 heteroatoms. The van der Waals surface area contributed by atoms with Crippen molar-refractivity contribution in [2.75, 3.05) is 5.43 Å². The van der Waals surface area contributed by atoms with Crippen LogP contribution in [-0.2, 0) is 0 Å². The van der Waals surface area contributed by atoms with Crippen LogP contribution in [0.1, 0.15) is 22.6 Å². The lowest BCUT2D eigenvalue weighted by Crippen LogP contribution is -1.90. The highest BCUT2D eigenvalue weighted by molar-refractivity contribution is 7.14. The smallest absolute Gasteiger partial charge is 0.203 e. The van der Waals surface area contributed by atoms with E-state index in [4.69, 9.17) is 4.42 Å². The van der Waals surface area contributed by atoms with Crippen LogP contribution in [0.2, 0.25) is 0 Å². The van der Waals surface area contributed by atoms with E-state index in [-0.39, 0.29) is 0 Å². The van der Waals surface area contributed by atoms with Crippen LogP contribution in [0.4, 0.5) is 5.13 Å². The molecule has 1 N–H and O–H groups in total. The zero-order chi connectivity index (χ0) is 15.5. The molecule has 0 fully saturated rings. The number of anilines is 1. The fraction of sp³-hybridized carbons (Fsp3) is 0.176. The van der Waals surface area contributed by atoms with Gasteiger partial charge < -0.3 is 4.42 Å². The fourth-order valence-corrected chi connectivity index (χ4v) is 2.88. The van der Waals surface area contributed by atoms with E-state index in [0.717, 1.165) is 27.9 Å². The highest BCUT2D eigenvalue weighted by atomic mass is 32.1. The van der Waals surface area contributed by atoms with Crippen LogP contribution in [0.5, 0.6) is 0 Å². The van der Waals surface area contributed by atoms with Gasteiger partial charge in [0.1, 0.15) is 11.5 Å². The second-order valence-corrected chi connectivity index (χ2v) is 6.03. The molecule has 0 aliphatic carbocycles. The number of nitrogens with zero attached hydrogens (tertiary/aromatic N) is 2. The molecule has 0 saturated heterocycles. The Morgan fingerprint density at radius 3 is 2.77 bits per heavy atom. The van der Waals surface area contributed by atoms with E-state index < -0.39 is 0 Å². The molecule has 0 aliphatic rings. The Morgan fingerprint density at radius 1 is 1.18 bits per heavy atom. The molecule has 2 heterocycles. The first-order valence-electron chi connectivity index (χ1n) is 7.00. The summed E-state index contributed by atoms with van der Waals surface area (Å²) in [5, 5.41) is 6.94. The van der Waals surface area contributed by atoms with E-state index in [1.54, 1.807) is 6.21 Å². The molecule has 0 aliphatic heterocycles. The van der Waals surface area contributed by atoms with Gasteiger partial charge in [0.2, 0.25) is 5.13 Å². The van der Waals surface area contributed by atoms with Crippen molar-refractivity contribution < 1.29 is 4.42 Å². The number of hydrogen-bond donors (Lipinski definition) is 1. The molecule has 4 nitrogen and oxygen atoms in total. The van der Waals surface area contributed by atoms with E-state index in [9.17, 15) is 0 Å². The highest BCUT2D eigenvalue weighted by Gasteiger charge is 2.06. The van der Waals surface area contributed by atoms with E-state index in [1.807, 2.05) is 24.4 Å². The summed E-state index contributed by atoms with van der Waals surface area (Å²) in [6, 6.07) is 10.2. The van der Waals surface area contributed by atoms with Crippen LogP contribution in [0.25, 0.3) is 11.3 Å². The lowest BCUT2D eigenvalue weighted by atomic mass is 10.0. The number of aromatic nitrogens is 1. The molecule has 3 rings (SSSR count). The number of thiazole rings is 1. The van der Waals surface area contributed by atoms with Gasteiger partial charge in [-0.25, -0.2) is 4.98 Å². The van der Waals surface area contributed by atoms with Crippen LogP contribution in [0, 0.1) is 20.8 Å². The van der Waals surface area contributed by atoms with Crippen molar-refractivity contribution in [3.8, 4) is 11.3 Å². The van der Waals surface area contributed by atoms with Gasteiger partial charge in [-0.3, -0.25) is 5.43 Å². The van der Waals surface area contributed by atoms with Crippen molar-refractivity contribution in [2.45, 2.75) is 20.8 Å². The van der Waals surface area contributed by atoms with Crippen LogP contribution < -0.4 is 5.43 Å². The van der Waals surface area contributed by atoms with Gasteiger partial charge in [0.25, 0.3) is 0 Å². The second kappa shape index (κ2) is 6.15. The maximum Gasteiger partial charge on any atom is 0.203 e. The quantitative estimate of drug-likeness (QED) is 0.557. The number of furan rings is 1. The van der Waals surface area contributed by atoms with Gasteiger partial charge >= 0.3 is 0 Å². The predicted octanol–water partition coefficient (Wildman–Crippen LogP) is 4.77. The van der Waals surface area contributed by atoms with Crippen molar-refractivity contribution in [3.05, 3.63) is 58.4 Å². The molecule has 22 heavy (non-hydrogen) atoms. The van der Waals surface area contributed by atoms with Gasteiger partial charge in [0.05, 0.1) is 11.9 Å². The molecule has 3 aromatic rings. The Hall–Kier alpha value is -2.40. The third kappa shape index (κ3) is 3.26. The summed E-state index contributed by atoms with van der Waals surface area (Å²) in [6.07, 6.45) is 1.64. The van der Waals surface area contributed by atoms with Gasteiger partial charge in [-0.15, -0.1) is 11.3 Å². The first kappa shape index (κ1) is 14.5. The predicted molar refractivity (Wildman–Crippen MR) is 91.7 cm³/mol. The van der Waals surface area contributed by atoms with E-state index >= 15 is 0 Å². The third-order valence-electron chi connectivity index (χ3n) is 3.28. The van der Waals surface area contributed by atoms with E-state index in [1.165, 1.54) is 22.5 Å². The number of aryl methyl sites for hydroxylation is 3. The first-order chi connectivity index (χ1) is 10.6. The average molecular weight is 311 g/mol. The third-order valence-corrected chi connectivity index (χ3v) is 4.02. The number of nitrogens with one attached hydrogen (secondary N) is 1. The lowest BCUT2D eigenvalue weighted by Gasteiger charge is -2.03. The molecule has 0 saturated carbocycles. The number of hydrogen-bond acceptors (Lipinski definition) is 5. The maximum atomic E-state index is 5.42. The van der Waals surface area contributed by atoms with Gasteiger partial charge in [0.15, 0.2) is 0 Å². The van der Waals surface area contributed by atoms with Crippen molar-refractivity contribution in [3.63, 3.8) is 0 Å². The highest BCUT2D eigenvalue weighted by Crippen LogP contribution is 2.27. The summed E-state index contributed by atoms with van der Waals surface area (Å²) in [5.41, 5.74) is 7.55. The van der Waals surface area contributed by atoms with E-state index in [2.05, 4.69) is 47.6 Å². The summed E-state index contributed by atoms with van der Waals surface area (Å²) in [5.74, 6) is 1.59. The Bertz CT molecular complexity index is 817. The molecule has 0 spiro atoms. The summed E-state index contributed by atoms with van der Waals surface area (Å²) in [4.78, 5) is 4.57. The van der Waals surface area contributed by atoms with Gasteiger partial charge in [-0.05, 0) is 38.5 Å². The lowest BCUT2D eigenvalue weighted by molar-refractivity contribution is 0.528. The Labute approximate surface area is 133 Å². The van der Waals surface area contributed by atoms with Crippen molar-refractivity contribution in [1.82, 2.24) is 4.98 Å². The molecule has 0 amide bonds. The maximum absolute atomic E-state index is 5.42. The average Bonchev–Trinajstić information content (AvgIpc) is 3.08. The molecule has 0 bridgehead atoms. The minimum absolute atomic E-state index is 0.719. The van der Waals surface area contributed by atoms with E-state index in [0.29, 0.717) is 0 Å². The molecule has 0 unspecified atom stereocenters. The minimum atomic E-state index is 0.719. The Morgan fingerprint density at radius 2 is 2.05 bits per heavy atom. The van der Waals surface area contributed by atoms with Gasteiger partial charge in [0, 0.05) is 10.9 Å². The molecule has 0 atom stereocenters. The van der Waals surface area contributed by atoms with Gasteiger partial charge in [-0.2, -0.15) is 5.10 Å². The molecule has 1 aromatic carbocycles. The topological polar surface area (TPSA) is 50.4 Å². The molecule has 112 valence electrons. The molecule has 2 aromatic heterocycles. The summed E-state index contributed by atoms with van der Waals surface area (Å²) < 4.78 is 5.42. The standard InChI is InChI=1S/C17H17N3OS/c1-11-4-7-15(12(2)8-11)16-10-22-17(19-16)20-18-9-14-6-5-13(3)21-14/h4-10H,1-3H3,(H,19,20)/b18-9-. The zero-order valence-corrected chi connectivity index (χ0v) is 13.6. The van der Waals surface area contributed by atoms with Crippen molar-refractivity contribution in [2.24, 2.45) is 5.10 Å². The van der Waals surface area contributed by atoms with Crippen molar-refractivity contribution in [1.29, 1.82) is 0 Å². The Kier molecular flexibility index (Phi) is 4.06. The zero-order valence-electron chi connectivity index (χ0n) is 12.8. The normalized spacial score (nSPS) is 11.2. The van der Waals surface area contributed by atoms with Crippen molar-refractivity contribution >= 4 is 22.7 Å². The summed E-state index contributed by atoms with van der Waals surface area (Å²) in [6.45, 7) is 6.10. The largest absolute Gasteiger partial charge is 0.460 e. The Balaban J connectivity index is 1.72. The number of benzene rings is 1. The monoisotopic (exact) mass is 311 g/mol. The SMILES string of the molecule is Cc1ccc(-c2csc(N/N=C\c3ccc(C)o3)n2)c(C)c1. The van der Waals surface area contributed by atoms with Crippen LogP contribution in [0.15, 0.2) is 45.2 Å². The van der Waals surface area contributed by atoms with Crippen LogP contribution in [-0.4, -0.2) is 11.2 Å². The second-order valence-electron chi connectivity index (χ2n) is 5.17. The molecule has 0 radical (unpaired) electrons. The molecular weight excluding hydrogens is 294 g/mol. The fourth-order valence-electron chi connectivity index (χ4n) is 2.22. The number of rotatable bonds is 4. The summed E-state index contributed by atoms with van der Waals surface area (Å²) >= 11 is 1.53.